The summed E-state index contributed by atoms with van der Waals surface area (Å²) in [6, 6.07) is 9.77. The lowest BCUT2D eigenvalue weighted by Crippen LogP contribution is -2.22. The number of hydrogen-bond acceptors (Lipinski definition) is 3. The summed E-state index contributed by atoms with van der Waals surface area (Å²) in [6.45, 7) is 2.27. The van der Waals surface area contributed by atoms with Crippen LogP contribution in [0.1, 0.15) is 39.2 Å². The predicted molar refractivity (Wildman–Crippen MR) is 72.7 cm³/mol. The number of furan rings is 1. The van der Waals surface area contributed by atoms with Crippen molar-refractivity contribution in [2.75, 3.05) is 0 Å². The molecule has 0 saturated carbocycles. The molecule has 0 aliphatic heterocycles. The third-order valence-electron chi connectivity index (χ3n) is 2.89. The molecular formula is C15H15NO4. The third-order valence-corrected chi connectivity index (χ3v) is 2.89. The fraction of sp³-hybridized carbons (Fsp3) is 0.200. The number of carbonyl (C=O) groups excluding carboxylic acids is 1. The average molecular weight is 273 g/mol. The van der Waals surface area contributed by atoms with Gasteiger partial charge in [-0.15, -0.1) is 0 Å². The van der Waals surface area contributed by atoms with Crippen molar-refractivity contribution in [3.05, 3.63) is 59.0 Å². The van der Waals surface area contributed by atoms with Gasteiger partial charge in [0.1, 0.15) is 5.76 Å². The molecule has 1 amide bonds. The van der Waals surface area contributed by atoms with Gasteiger partial charge in [-0.3, -0.25) is 4.79 Å². The first-order valence-electron chi connectivity index (χ1n) is 6.29. The fourth-order valence-corrected chi connectivity index (χ4v) is 1.72. The molecule has 2 aromatic rings. The van der Waals surface area contributed by atoms with Crippen molar-refractivity contribution in [2.45, 2.75) is 19.9 Å². The molecule has 20 heavy (non-hydrogen) atoms. The Hall–Kier alpha value is -2.56. The maximum absolute atomic E-state index is 11.8. The predicted octanol–water partition coefficient (Wildman–Crippen LogP) is 2.47. The molecule has 2 N–H and O–H groups in total. The lowest BCUT2D eigenvalue weighted by atomic mass is 10.1. The van der Waals surface area contributed by atoms with Gasteiger partial charge >= 0.3 is 5.97 Å². The standard InChI is InChI=1S/C15H15NO4/c1-2-12-7-8-13(20-12)14(17)16-9-10-3-5-11(6-4-10)15(18)19/h3-8H,2,9H2,1H3,(H,16,17)(H,18,19). The van der Waals surface area contributed by atoms with Gasteiger partial charge in [-0.25, -0.2) is 4.79 Å². The van der Waals surface area contributed by atoms with E-state index in [9.17, 15) is 9.59 Å². The minimum absolute atomic E-state index is 0.221. The number of benzene rings is 1. The van der Waals surface area contributed by atoms with Gasteiger partial charge < -0.3 is 14.8 Å². The van der Waals surface area contributed by atoms with E-state index >= 15 is 0 Å². The summed E-state index contributed by atoms with van der Waals surface area (Å²) in [7, 11) is 0. The van der Waals surface area contributed by atoms with Gasteiger partial charge in [-0.2, -0.15) is 0 Å². The zero-order valence-corrected chi connectivity index (χ0v) is 11.1. The number of aryl methyl sites for hydroxylation is 1. The molecule has 0 atom stereocenters. The highest BCUT2D eigenvalue weighted by molar-refractivity contribution is 5.91. The zero-order chi connectivity index (χ0) is 14.5. The van der Waals surface area contributed by atoms with Gasteiger partial charge in [0.05, 0.1) is 5.56 Å². The molecule has 1 heterocycles. The lowest BCUT2D eigenvalue weighted by Gasteiger charge is -2.04. The molecule has 104 valence electrons. The Kier molecular flexibility index (Phi) is 4.20. The van der Waals surface area contributed by atoms with Crippen LogP contribution in [0.5, 0.6) is 0 Å². The molecule has 5 heteroatoms. The first kappa shape index (κ1) is 13.9. The molecule has 0 saturated heterocycles. The Morgan fingerprint density at radius 2 is 1.85 bits per heavy atom. The monoisotopic (exact) mass is 273 g/mol. The van der Waals surface area contributed by atoms with Crippen LogP contribution < -0.4 is 5.32 Å². The minimum atomic E-state index is -0.969. The Bertz CT molecular complexity index is 613. The van der Waals surface area contributed by atoms with Crippen molar-refractivity contribution in [3.8, 4) is 0 Å². The first-order chi connectivity index (χ1) is 9.60. The number of carboxylic acid groups (broad SMARTS) is 1. The second kappa shape index (κ2) is 6.06. The number of hydrogen-bond donors (Lipinski definition) is 2. The van der Waals surface area contributed by atoms with Crippen molar-refractivity contribution in [3.63, 3.8) is 0 Å². The lowest BCUT2D eigenvalue weighted by molar-refractivity contribution is 0.0696. The Labute approximate surface area is 116 Å². The average Bonchev–Trinajstić information content (AvgIpc) is 2.94. The molecule has 0 bridgehead atoms. The third kappa shape index (κ3) is 3.26. The van der Waals surface area contributed by atoms with Crippen LogP contribution in [0.15, 0.2) is 40.8 Å². The number of amides is 1. The fourth-order valence-electron chi connectivity index (χ4n) is 1.72. The van der Waals surface area contributed by atoms with Gasteiger partial charge in [0.15, 0.2) is 5.76 Å². The zero-order valence-electron chi connectivity index (χ0n) is 11.1. The van der Waals surface area contributed by atoms with Gasteiger partial charge in [-0.05, 0) is 29.8 Å². The summed E-state index contributed by atoms with van der Waals surface area (Å²) in [5, 5.41) is 11.5. The molecule has 0 spiro atoms. The number of rotatable bonds is 5. The molecule has 0 fully saturated rings. The van der Waals surface area contributed by atoms with Gasteiger partial charge in [0.25, 0.3) is 5.91 Å². The topological polar surface area (TPSA) is 79.5 Å². The smallest absolute Gasteiger partial charge is 0.335 e. The quantitative estimate of drug-likeness (QED) is 0.877. The van der Waals surface area contributed by atoms with E-state index < -0.39 is 5.97 Å². The van der Waals surface area contributed by atoms with Crippen LogP contribution in [0, 0.1) is 0 Å². The Morgan fingerprint density at radius 1 is 1.15 bits per heavy atom. The summed E-state index contributed by atoms with van der Waals surface area (Å²) in [5.41, 5.74) is 1.05. The van der Waals surface area contributed by atoms with Crippen molar-refractivity contribution >= 4 is 11.9 Å². The maximum atomic E-state index is 11.8. The van der Waals surface area contributed by atoms with Crippen molar-refractivity contribution in [1.29, 1.82) is 0 Å². The highest BCUT2D eigenvalue weighted by Crippen LogP contribution is 2.09. The molecule has 2 rings (SSSR count). The number of carboxylic acids is 1. The molecule has 0 aliphatic carbocycles. The summed E-state index contributed by atoms with van der Waals surface area (Å²) < 4.78 is 5.34. The Balaban J connectivity index is 1.94. The van der Waals surface area contributed by atoms with Crippen LogP contribution in [0.3, 0.4) is 0 Å². The summed E-state index contributed by atoms with van der Waals surface area (Å²) in [5.74, 6) is -0.208. The maximum Gasteiger partial charge on any atom is 0.335 e. The van der Waals surface area contributed by atoms with E-state index in [4.69, 9.17) is 9.52 Å². The van der Waals surface area contributed by atoms with Gasteiger partial charge in [-0.1, -0.05) is 19.1 Å². The van der Waals surface area contributed by atoms with E-state index in [1.165, 1.54) is 12.1 Å². The van der Waals surface area contributed by atoms with E-state index in [0.717, 1.165) is 17.7 Å². The van der Waals surface area contributed by atoms with E-state index in [0.29, 0.717) is 6.54 Å². The van der Waals surface area contributed by atoms with Crippen LogP contribution in [-0.4, -0.2) is 17.0 Å². The van der Waals surface area contributed by atoms with E-state index in [1.807, 2.05) is 6.92 Å². The molecule has 0 aliphatic rings. The second-order valence-electron chi connectivity index (χ2n) is 4.30. The van der Waals surface area contributed by atoms with Crippen LogP contribution >= 0.6 is 0 Å². The molecule has 5 nitrogen and oxygen atoms in total. The molecule has 1 aromatic carbocycles. The molecule has 0 radical (unpaired) electrons. The van der Waals surface area contributed by atoms with E-state index in [2.05, 4.69) is 5.32 Å². The minimum Gasteiger partial charge on any atom is -0.478 e. The molecule has 0 unspecified atom stereocenters. The summed E-state index contributed by atoms with van der Waals surface area (Å²) >= 11 is 0. The van der Waals surface area contributed by atoms with Gasteiger partial charge in [0, 0.05) is 13.0 Å². The van der Waals surface area contributed by atoms with Crippen molar-refractivity contribution in [2.24, 2.45) is 0 Å². The largest absolute Gasteiger partial charge is 0.478 e. The molecule has 1 aromatic heterocycles. The van der Waals surface area contributed by atoms with Crippen LogP contribution in [0.2, 0.25) is 0 Å². The van der Waals surface area contributed by atoms with Crippen molar-refractivity contribution < 1.29 is 19.1 Å². The summed E-state index contributed by atoms with van der Waals surface area (Å²) in [6.07, 6.45) is 0.740. The number of nitrogens with one attached hydrogen (secondary N) is 1. The van der Waals surface area contributed by atoms with Crippen LogP contribution in [-0.2, 0) is 13.0 Å². The SMILES string of the molecule is CCc1ccc(C(=O)NCc2ccc(C(=O)O)cc2)o1. The highest BCUT2D eigenvalue weighted by Gasteiger charge is 2.10. The van der Waals surface area contributed by atoms with Gasteiger partial charge in [0.2, 0.25) is 0 Å². The Morgan fingerprint density at radius 3 is 2.40 bits per heavy atom. The van der Waals surface area contributed by atoms with Crippen LogP contribution in [0.4, 0.5) is 0 Å². The number of carbonyl (C=O) groups is 2. The normalized spacial score (nSPS) is 10.2. The van der Waals surface area contributed by atoms with E-state index in [1.54, 1.807) is 24.3 Å². The second-order valence-corrected chi connectivity index (χ2v) is 4.30. The number of aromatic carboxylic acids is 1. The summed E-state index contributed by atoms with van der Waals surface area (Å²) in [4.78, 5) is 22.5. The van der Waals surface area contributed by atoms with Crippen molar-refractivity contribution in [1.82, 2.24) is 5.32 Å². The first-order valence-corrected chi connectivity index (χ1v) is 6.29. The van der Waals surface area contributed by atoms with E-state index in [-0.39, 0.29) is 17.2 Å². The highest BCUT2D eigenvalue weighted by atomic mass is 16.4. The molecular weight excluding hydrogens is 258 g/mol. The van der Waals surface area contributed by atoms with Crippen LogP contribution in [0.25, 0.3) is 0 Å².